The average molecular weight is 835 g/mol. The molecular weight excluding hydrogens is 781 g/mol. The van der Waals surface area contributed by atoms with E-state index in [1.165, 1.54) is 21.3 Å². The van der Waals surface area contributed by atoms with Crippen LogP contribution in [0.2, 0.25) is 0 Å². The molecule has 16 nitrogen and oxygen atoms in total. The van der Waals surface area contributed by atoms with Gasteiger partial charge in [0, 0.05) is 37.7 Å². The van der Waals surface area contributed by atoms with E-state index in [1.807, 2.05) is 26.8 Å². The summed E-state index contributed by atoms with van der Waals surface area (Å²) in [6, 6.07) is 12.1. The maximum absolute atomic E-state index is 14.0. The van der Waals surface area contributed by atoms with Crippen LogP contribution < -0.4 is 10.1 Å². The van der Waals surface area contributed by atoms with Crippen molar-refractivity contribution >= 4 is 45.8 Å². The highest BCUT2D eigenvalue weighted by Crippen LogP contribution is 2.44. The number of hydrogen-bond acceptors (Lipinski definition) is 9. The number of carbonyl (C=O) groups is 4. The highest BCUT2D eigenvalue weighted by Gasteiger charge is 2.43. The molecule has 16 heteroatoms. The molecule has 5 heterocycles. The third-order valence-electron chi connectivity index (χ3n) is 12.8. The summed E-state index contributed by atoms with van der Waals surface area (Å²) >= 11 is 0. The van der Waals surface area contributed by atoms with Crippen molar-refractivity contribution in [2.24, 2.45) is 11.8 Å². The molecule has 5 aromatic rings. The Morgan fingerprint density at radius 2 is 1.75 bits per heavy atom. The molecule has 2 fully saturated rings. The van der Waals surface area contributed by atoms with Gasteiger partial charge in [0.15, 0.2) is 0 Å². The zero-order chi connectivity index (χ0) is 43.4. The largest absolute Gasteiger partial charge is 0.488 e. The summed E-state index contributed by atoms with van der Waals surface area (Å²) in [6.07, 6.45) is 1.58. The molecule has 3 aliphatic heterocycles. The number of benzene rings is 3. The Hall–Kier alpha value is -6.16. The smallest absolute Gasteiger partial charge is 0.407 e. The van der Waals surface area contributed by atoms with Gasteiger partial charge >= 0.3 is 12.2 Å². The van der Waals surface area contributed by atoms with Gasteiger partial charge < -0.3 is 44.4 Å². The molecule has 1 unspecified atom stereocenters. The fraction of sp³-hybridized carbons (Fsp3) is 0.467. The minimum absolute atomic E-state index is 0.0743. The van der Waals surface area contributed by atoms with E-state index in [0.717, 1.165) is 66.8 Å². The molecule has 8 rings (SSSR count). The number of amides is 4. The number of carbonyl (C=O) groups excluding carboxylic acids is 3. The number of likely N-dealkylation sites (tertiary alicyclic amines) is 2. The zero-order valence-corrected chi connectivity index (χ0v) is 35.8. The van der Waals surface area contributed by atoms with Gasteiger partial charge in [0.05, 0.1) is 48.2 Å². The van der Waals surface area contributed by atoms with Crippen molar-refractivity contribution in [3.05, 3.63) is 65.9 Å². The van der Waals surface area contributed by atoms with E-state index in [1.54, 1.807) is 22.9 Å². The van der Waals surface area contributed by atoms with Crippen molar-refractivity contribution in [3.8, 4) is 28.1 Å². The van der Waals surface area contributed by atoms with Crippen LogP contribution in [0, 0.1) is 11.8 Å². The Kier molecular flexibility index (Phi) is 11.2. The van der Waals surface area contributed by atoms with E-state index in [-0.39, 0.29) is 41.8 Å². The molecular formula is C45H54N8O8. The van der Waals surface area contributed by atoms with E-state index < -0.39 is 30.4 Å². The summed E-state index contributed by atoms with van der Waals surface area (Å²) in [5.41, 5.74) is 6.44. The van der Waals surface area contributed by atoms with E-state index in [0.29, 0.717) is 37.6 Å². The second-order valence-electron chi connectivity index (χ2n) is 17.2. The van der Waals surface area contributed by atoms with Gasteiger partial charge in [0.25, 0.3) is 0 Å². The van der Waals surface area contributed by atoms with Gasteiger partial charge in [-0.1, -0.05) is 39.0 Å². The topological polar surface area (TPSA) is 195 Å². The summed E-state index contributed by atoms with van der Waals surface area (Å²) in [5, 5.41) is 14.3. The van der Waals surface area contributed by atoms with E-state index >= 15 is 0 Å². The first-order chi connectivity index (χ1) is 29.2. The number of alkyl carbamates (subject to hydrolysis) is 1. The molecule has 2 aromatic heterocycles. The monoisotopic (exact) mass is 834 g/mol. The summed E-state index contributed by atoms with van der Waals surface area (Å²) in [7, 11) is 4.21. The van der Waals surface area contributed by atoms with Crippen molar-refractivity contribution in [2.75, 3.05) is 27.8 Å². The van der Waals surface area contributed by atoms with Crippen LogP contribution in [0.5, 0.6) is 5.75 Å². The molecule has 3 aliphatic rings. The number of nitrogens with zero attached hydrogens (tertiary/aromatic N) is 5. The van der Waals surface area contributed by atoms with E-state index in [4.69, 9.17) is 24.2 Å². The third kappa shape index (κ3) is 7.51. The van der Waals surface area contributed by atoms with Crippen molar-refractivity contribution in [3.63, 3.8) is 0 Å². The van der Waals surface area contributed by atoms with Crippen LogP contribution >= 0.6 is 0 Å². The van der Waals surface area contributed by atoms with Crippen LogP contribution in [-0.2, 0) is 25.7 Å². The lowest BCUT2D eigenvalue weighted by Gasteiger charge is -2.33. The normalized spacial score (nSPS) is 21.2. The lowest BCUT2D eigenvalue weighted by atomic mass is 9.92. The number of fused-ring (bicyclic) bond motifs is 6. The molecule has 61 heavy (non-hydrogen) atoms. The van der Waals surface area contributed by atoms with Crippen molar-refractivity contribution < 1.29 is 38.5 Å². The minimum atomic E-state index is -1.14. The third-order valence-corrected chi connectivity index (χ3v) is 12.8. The first-order valence-electron chi connectivity index (χ1n) is 20.9. The summed E-state index contributed by atoms with van der Waals surface area (Å²) in [4.78, 5) is 73.4. The number of carboxylic acid groups (broad SMARTS) is 1. The van der Waals surface area contributed by atoms with Gasteiger partial charge in [-0.25, -0.2) is 19.6 Å². The molecule has 0 saturated carbocycles. The number of likely N-dealkylation sites (N-methyl/N-ethyl adjacent to an activating group) is 1. The SMILES string of the molecule is COC(=O)N[C@H](C(=O)N1[C@@H](C)CC[C@H]1c1ncc(-c2ccc3c(c2)COc2cc4c(ccc5nc([C@@H]6C[C@H](C)CN6C(=O)[C@H](C(C)C)N(C)C(=O)O)[nH]c54)cc2-3)[nH]1)C(C)OC. The summed E-state index contributed by atoms with van der Waals surface area (Å²) in [5.74, 6) is 1.65. The number of hydrogen-bond donors (Lipinski definition) is 4. The first kappa shape index (κ1) is 41.6. The predicted molar refractivity (Wildman–Crippen MR) is 228 cm³/mol. The molecule has 2 saturated heterocycles. The molecule has 322 valence electrons. The van der Waals surface area contributed by atoms with Crippen LogP contribution in [0.4, 0.5) is 9.59 Å². The maximum Gasteiger partial charge on any atom is 0.407 e. The van der Waals surface area contributed by atoms with Crippen LogP contribution in [0.15, 0.2) is 48.7 Å². The zero-order valence-electron chi connectivity index (χ0n) is 35.8. The second-order valence-corrected chi connectivity index (χ2v) is 17.2. The summed E-state index contributed by atoms with van der Waals surface area (Å²) < 4.78 is 16.7. The number of aromatic nitrogens is 4. The fourth-order valence-corrected chi connectivity index (χ4v) is 9.51. The predicted octanol–water partition coefficient (Wildman–Crippen LogP) is 7.02. The number of methoxy groups -OCH3 is 2. The van der Waals surface area contributed by atoms with E-state index in [2.05, 4.69) is 58.6 Å². The van der Waals surface area contributed by atoms with Gasteiger partial charge in [-0.15, -0.1) is 0 Å². The molecule has 0 spiro atoms. The van der Waals surface area contributed by atoms with Crippen LogP contribution in [0.3, 0.4) is 0 Å². The number of H-pyrrole nitrogens is 2. The number of ether oxygens (including phenoxy) is 3. The average Bonchev–Trinajstić information content (AvgIpc) is 4.07. The fourth-order valence-electron chi connectivity index (χ4n) is 9.51. The molecule has 4 N–H and O–H groups in total. The van der Waals surface area contributed by atoms with Crippen molar-refractivity contribution in [1.29, 1.82) is 0 Å². The Labute approximate surface area is 353 Å². The minimum Gasteiger partial charge on any atom is -0.488 e. The van der Waals surface area contributed by atoms with Crippen LogP contribution in [-0.4, -0.2) is 116 Å². The van der Waals surface area contributed by atoms with Gasteiger partial charge in [-0.2, -0.15) is 0 Å². The highest BCUT2D eigenvalue weighted by atomic mass is 16.5. The molecule has 0 radical (unpaired) electrons. The second kappa shape index (κ2) is 16.4. The standard InChI is InChI=1S/C45H54N8O8/c1-22(2)39(51(6)45(57)58)43(55)52-20-23(3)15-35(52)41-47-32-13-11-26-17-31-29-12-10-27(16-28(29)21-61-36(31)18-30(26)38(32)49-41)33-19-46-40(48-33)34-14-9-24(4)53(34)42(54)37(25(5)59-7)50-44(56)60-8/h10-13,16-19,22-25,34-35,37,39H,9,14-15,20-21H2,1-8H3,(H,46,48)(H,47,49)(H,50,56)(H,57,58)/t23-,24-,25?,34-,35-,37-,39-/m0/s1. The molecule has 7 atom stereocenters. The Morgan fingerprint density at radius 1 is 0.967 bits per heavy atom. The molecule has 3 aromatic carbocycles. The van der Waals surface area contributed by atoms with Gasteiger partial charge in [-0.3, -0.25) is 14.5 Å². The molecule has 0 aliphatic carbocycles. The Bertz CT molecular complexity index is 2510. The highest BCUT2D eigenvalue weighted by molar-refractivity contribution is 6.07. The van der Waals surface area contributed by atoms with Crippen LogP contribution in [0.25, 0.3) is 44.2 Å². The molecule has 4 amide bonds. The van der Waals surface area contributed by atoms with Gasteiger partial charge in [0.1, 0.15) is 36.1 Å². The Morgan fingerprint density at radius 3 is 2.48 bits per heavy atom. The first-order valence-corrected chi connectivity index (χ1v) is 20.9. The van der Waals surface area contributed by atoms with Crippen molar-refractivity contribution in [1.82, 2.24) is 40.0 Å². The number of aromatic amines is 2. The van der Waals surface area contributed by atoms with Crippen molar-refractivity contribution in [2.45, 2.75) is 96.8 Å². The van der Waals surface area contributed by atoms with Crippen LogP contribution in [0.1, 0.15) is 83.2 Å². The molecule has 0 bridgehead atoms. The lowest BCUT2D eigenvalue weighted by molar-refractivity contribution is -0.140. The lowest BCUT2D eigenvalue weighted by Crippen LogP contribution is -2.55. The van der Waals surface area contributed by atoms with Gasteiger partial charge in [0.2, 0.25) is 11.8 Å². The number of rotatable bonds is 10. The number of imidazole rings is 2. The Balaban J connectivity index is 1.05. The maximum atomic E-state index is 14.0. The quantitative estimate of drug-likeness (QED) is 0.114. The van der Waals surface area contributed by atoms with Gasteiger partial charge in [-0.05, 0) is 91.3 Å². The number of nitrogens with one attached hydrogen (secondary N) is 3. The summed E-state index contributed by atoms with van der Waals surface area (Å²) in [6.45, 7) is 10.4. The van der Waals surface area contributed by atoms with E-state index in [9.17, 15) is 24.3 Å².